The highest BCUT2D eigenvalue weighted by atomic mass is 35.5. The molecular formula is C17H13ClN4O5S. The van der Waals surface area contributed by atoms with E-state index in [4.69, 9.17) is 20.8 Å². The van der Waals surface area contributed by atoms with Crippen LogP contribution in [0, 0.1) is 10.1 Å². The van der Waals surface area contributed by atoms with E-state index in [1.807, 2.05) is 0 Å². The van der Waals surface area contributed by atoms with Crippen LogP contribution in [0.4, 0.5) is 11.4 Å². The molecule has 0 radical (unpaired) electrons. The van der Waals surface area contributed by atoms with Gasteiger partial charge < -0.3 is 14.5 Å². The molecule has 1 N–H and O–H groups in total. The number of aromatic nitrogens is 2. The average molecular weight is 421 g/mol. The number of amides is 1. The molecule has 9 nitrogen and oxygen atoms in total. The van der Waals surface area contributed by atoms with Crippen LogP contribution in [0.5, 0.6) is 5.75 Å². The van der Waals surface area contributed by atoms with Crippen LogP contribution in [0.1, 0.15) is 0 Å². The molecular weight excluding hydrogens is 408 g/mol. The van der Waals surface area contributed by atoms with Gasteiger partial charge >= 0.3 is 0 Å². The van der Waals surface area contributed by atoms with Gasteiger partial charge in [-0.3, -0.25) is 14.9 Å². The third-order valence-electron chi connectivity index (χ3n) is 3.50. The number of hydrogen-bond donors (Lipinski definition) is 1. The summed E-state index contributed by atoms with van der Waals surface area (Å²) < 4.78 is 10.5. The van der Waals surface area contributed by atoms with Crippen LogP contribution in [0.25, 0.3) is 11.5 Å². The van der Waals surface area contributed by atoms with Crippen LogP contribution in [0.15, 0.2) is 52.1 Å². The zero-order valence-corrected chi connectivity index (χ0v) is 16.0. The Labute approximate surface area is 168 Å². The number of nitrogens with one attached hydrogen (secondary N) is 1. The first kappa shape index (κ1) is 19.6. The molecule has 1 aromatic heterocycles. The lowest BCUT2D eigenvalue weighted by molar-refractivity contribution is -0.384. The largest absolute Gasteiger partial charge is 0.496 e. The van der Waals surface area contributed by atoms with Gasteiger partial charge in [0.1, 0.15) is 11.4 Å². The number of thioether (sulfide) groups is 1. The fraction of sp³-hybridized carbons (Fsp3) is 0.118. The van der Waals surface area contributed by atoms with E-state index in [0.29, 0.717) is 22.2 Å². The third kappa shape index (κ3) is 4.78. The molecule has 2 aromatic carbocycles. The maximum Gasteiger partial charge on any atom is 0.296 e. The SMILES string of the molecule is COc1ccc(NC(=O)CSc2nnc(-c3ccc(Cl)cc3)o2)c([N+](=O)[O-])c1. The smallest absolute Gasteiger partial charge is 0.296 e. The monoisotopic (exact) mass is 420 g/mol. The van der Waals surface area contributed by atoms with E-state index in [-0.39, 0.29) is 22.4 Å². The number of carbonyl (C=O) groups is 1. The summed E-state index contributed by atoms with van der Waals surface area (Å²) in [6, 6.07) is 11.0. The normalized spacial score (nSPS) is 10.5. The Bertz CT molecular complexity index is 1010. The van der Waals surface area contributed by atoms with E-state index in [1.54, 1.807) is 24.3 Å². The molecule has 1 amide bonds. The molecule has 11 heteroatoms. The van der Waals surface area contributed by atoms with E-state index in [0.717, 1.165) is 11.8 Å². The van der Waals surface area contributed by atoms with Crippen molar-refractivity contribution >= 4 is 40.6 Å². The molecule has 0 aliphatic rings. The van der Waals surface area contributed by atoms with Crippen molar-refractivity contribution in [2.75, 3.05) is 18.2 Å². The second-order valence-electron chi connectivity index (χ2n) is 5.36. The van der Waals surface area contributed by atoms with E-state index in [9.17, 15) is 14.9 Å². The summed E-state index contributed by atoms with van der Waals surface area (Å²) in [5.41, 5.74) is 0.506. The summed E-state index contributed by atoms with van der Waals surface area (Å²) in [4.78, 5) is 22.7. The summed E-state index contributed by atoms with van der Waals surface area (Å²) in [7, 11) is 1.40. The Morgan fingerprint density at radius 3 is 2.71 bits per heavy atom. The van der Waals surface area contributed by atoms with Crippen molar-refractivity contribution in [2.45, 2.75) is 5.22 Å². The van der Waals surface area contributed by atoms with Gasteiger partial charge in [-0.15, -0.1) is 10.2 Å². The van der Waals surface area contributed by atoms with Crippen LogP contribution >= 0.6 is 23.4 Å². The number of methoxy groups -OCH3 is 1. The van der Waals surface area contributed by atoms with Crippen molar-refractivity contribution in [1.82, 2.24) is 10.2 Å². The minimum Gasteiger partial charge on any atom is -0.496 e. The van der Waals surface area contributed by atoms with Gasteiger partial charge in [-0.1, -0.05) is 23.4 Å². The zero-order valence-electron chi connectivity index (χ0n) is 14.4. The highest BCUT2D eigenvalue weighted by molar-refractivity contribution is 7.99. The Hall–Kier alpha value is -3.11. The number of ether oxygens (including phenoxy) is 1. The minimum absolute atomic E-state index is 0.0641. The quantitative estimate of drug-likeness (QED) is 0.345. The van der Waals surface area contributed by atoms with Gasteiger partial charge in [0, 0.05) is 10.6 Å². The third-order valence-corrected chi connectivity index (χ3v) is 4.57. The molecule has 0 aliphatic heterocycles. The van der Waals surface area contributed by atoms with Crippen molar-refractivity contribution in [2.24, 2.45) is 0 Å². The number of halogens is 1. The van der Waals surface area contributed by atoms with Crippen LogP contribution in [-0.2, 0) is 4.79 Å². The summed E-state index contributed by atoms with van der Waals surface area (Å²) >= 11 is 6.85. The zero-order chi connectivity index (χ0) is 20.1. The predicted molar refractivity (Wildman–Crippen MR) is 104 cm³/mol. The lowest BCUT2D eigenvalue weighted by atomic mass is 10.2. The topological polar surface area (TPSA) is 120 Å². The van der Waals surface area contributed by atoms with Crippen LogP contribution in [-0.4, -0.2) is 33.9 Å². The Kier molecular flexibility index (Phi) is 6.12. The van der Waals surface area contributed by atoms with Crippen molar-refractivity contribution in [3.63, 3.8) is 0 Å². The van der Waals surface area contributed by atoms with Gasteiger partial charge in [-0.25, -0.2) is 0 Å². The molecule has 1 heterocycles. The van der Waals surface area contributed by atoms with Gasteiger partial charge in [0.25, 0.3) is 10.9 Å². The molecule has 3 aromatic rings. The second-order valence-corrected chi connectivity index (χ2v) is 6.72. The summed E-state index contributed by atoms with van der Waals surface area (Å²) in [5, 5.41) is 22.2. The standard InChI is InChI=1S/C17H13ClN4O5S/c1-26-12-6-7-13(14(8-12)22(24)25)19-15(23)9-28-17-21-20-16(27-17)10-2-4-11(18)5-3-10/h2-8H,9H2,1H3,(H,19,23). The first-order chi connectivity index (χ1) is 13.5. The first-order valence-electron chi connectivity index (χ1n) is 7.81. The van der Waals surface area contributed by atoms with Crippen molar-refractivity contribution < 1.29 is 18.9 Å². The number of nitro groups is 1. The number of anilines is 1. The molecule has 0 saturated heterocycles. The molecule has 144 valence electrons. The van der Waals surface area contributed by atoms with Crippen LogP contribution in [0.3, 0.4) is 0 Å². The average Bonchev–Trinajstić information content (AvgIpc) is 3.16. The number of nitro benzene ring substituents is 1. The van der Waals surface area contributed by atoms with E-state index < -0.39 is 10.8 Å². The maximum absolute atomic E-state index is 12.1. The van der Waals surface area contributed by atoms with Gasteiger partial charge in [-0.05, 0) is 36.4 Å². The van der Waals surface area contributed by atoms with Crippen molar-refractivity contribution in [1.29, 1.82) is 0 Å². The Balaban J connectivity index is 1.62. The molecule has 0 unspecified atom stereocenters. The lowest BCUT2D eigenvalue weighted by Crippen LogP contribution is -2.15. The Morgan fingerprint density at radius 2 is 2.04 bits per heavy atom. The first-order valence-corrected chi connectivity index (χ1v) is 9.17. The van der Waals surface area contributed by atoms with Gasteiger partial charge in [0.2, 0.25) is 11.8 Å². The lowest BCUT2D eigenvalue weighted by Gasteiger charge is -2.06. The van der Waals surface area contributed by atoms with E-state index in [1.165, 1.54) is 25.3 Å². The minimum atomic E-state index is -0.596. The molecule has 0 bridgehead atoms. The number of benzene rings is 2. The van der Waals surface area contributed by atoms with E-state index >= 15 is 0 Å². The van der Waals surface area contributed by atoms with E-state index in [2.05, 4.69) is 15.5 Å². The van der Waals surface area contributed by atoms with Crippen LogP contribution < -0.4 is 10.1 Å². The molecule has 3 rings (SSSR count). The summed E-state index contributed by atoms with van der Waals surface area (Å²) in [6.45, 7) is 0. The Morgan fingerprint density at radius 1 is 1.29 bits per heavy atom. The van der Waals surface area contributed by atoms with Gasteiger partial charge in [-0.2, -0.15) is 0 Å². The molecule has 0 atom stereocenters. The number of hydrogen-bond acceptors (Lipinski definition) is 8. The molecule has 0 fully saturated rings. The summed E-state index contributed by atoms with van der Waals surface area (Å²) in [5.74, 6) is 0.0976. The molecule has 0 spiro atoms. The molecule has 0 aliphatic carbocycles. The molecule has 0 saturated carbocycles. The van der Waals surface area contributed by atoms with Gasteiger partial charge in [0.15, 0.2) is 0 Å². The number of carbonyl (C=O) groups excluding carboxylic acids is 1. The highest BCUT2D eigenvalue weighted by Gasteiger charge is 2.18. The summed E-state index contributed by atoms with van der Waals surface area (Å²) in [6.07, 6.45) is 0. The predicted octanol–water partition coefficient (Wildman–Crippen LogP) is 4.04. The highest BCUT2D eigenvalue weighted by Crippen LogP contribution is 2.29. The second kappa shape index (κ2) is 8.72. The number of nitrogens with zero attached hydrogens (tertiary/aromatic N) is 3. The fourth-order valence-corrected chi connectivity index (χ4v) is 2.88. The maximum atomic E-state index is 12.1. The fourth-order valence-electron chi connectivity index (χ4n) is 2.19. The van der Waals surface area contributed by atoms with Crippen molar-refractivity contribution in [3.05, 3.63) is 57.6 Å². The number of rotatable bonds is 7. The van der Waals surface area contributed by atoms with Crippen LogP contribution in [0.2, 0.25) is 5.02 Å². The van der Waals surface area contributed by atoms with Crippen molar-refractivity contribution in [3.8, 4) is 17.2 Å². The molecule has 28 heavy (non-hydrogen) atoms. The van der Waals surface area contributed by atoms with Gasteiger partial charge in [0.05, 0.1) is 23.9 Å².